The summed E-state index contributed by atoms with van der Waals surface area (Å²) in [6.45, 7) is 4.42. The number of nitrogens with zero attached hydrogens (tertiary/aromatic N) is 1. The van der Waals surface area contributed by atoms with Gasteiger partial charge >= 0.3 is 0 Å². The molecule has 0 aliphatic heterocycles. The lowest BCUT2D eigenvalue weighted by molar-refractivity contribution is 0.304. The van der Waals surface area contributed by atoms with Gasteiger partial charge in [0.05, 0.1) is 10.2 Å². The van der Waals surface area contributed by atoms with Crippen molar-refractivity contribution in [2.45, 2.75) is 20.5 Å². The molecule has 3 aromatic rings. The Balaban J connectivity index is 1.91. The van der Waals surface area contributed by atoms with Gasteiger partial charge in [-0.2, -0.15) is 0 Å². The molecule has 2 nitrogen and oxygen atoms in total. The molecule has 0 saturated heterocycles. The Kier molecular flexibility index (Phi) is 7.21. The third kappa shape index (κ3) is 5.38. The summed E-state index contributed by atoms with van der Waals surface area (Å²) in [5.74, 6) is 0.697. The van der Waals surface area contributed by atoms with Gasteiger partial charge in [-0.25, -0.2) is 0 Å². The summed E-state index contributed by atoms with van der Waals surface area (Å²) < 4.78 is 7.84. The van der Waals surface area contributed by atoms with Gasteiger partial charge in [0.25, 0.3) is 0 Å². The summed E-state index contributed by atoms with van der Waals surface area (Å²) in [5.41, 5.74) is 4.93. The van der Waals surface area contributed by atoms with Gasteiger partial charge in [0.15, 0.2) is 0 Å². The molecule has 0 fully saturated rings. The third-order valence-electron chi connectivity index (χ3n) is 4.13. The molecule has 0 unspecified atom stereocenters. The van der Waals surface area contributed by atoms with Crippen LogP contribution in [0, 0.1) is 13.8 Å². The van der Waals surface area contributed by atoms with Crippen LogP contribution in [-0.4, -0.2) is 6.21 Å². The second kappa shape index (κ2) is 9.45. The van der Waals surface area contributed by atoms with E-state index in [1.807, 2.05) is 31.3 Å². The van der Waals surface area contributed by atoms with Crippen LogP contribution in [0.15, 0.2) is 62.5 Å². The highest BCUT2D eigenvalue weighted by molar-refractivity contribution is 9.11. The third-order valence-corrected chi connectivity index (χ3v) is 5.77. The first kappa shape index (κ1) is 21.4. The average Bonchev–Trinajstić information content (AvgIpc) is 2.63. The minimum atomic E-state index is 0.320. The van der Waals surface area contributed by atoms with Crippen LogP contribution in [0.3, 0.4) is 0 Å². The minimum absolute atomic E-state index is 0.320. The molecule has 0 saturated carbocycles. The highest BCUT2D eigenvalue weighted by atomic mass is 79.9. The van der Waals surface area contributed by atoms with E-state index in [1.54, 1.807) is 12.1 Å². The van der Waals surface area contributed by atoms with Crippen LogP contribution in [0.2, 0.25) is 10.0 Å². The summed E-state index contributed by atoms with van der Waals surface area (Å²) in [6, 6.07) is 15.5. The molecule has 0 spiro atoms. The number of rotatable bonds is 5. The molecule has 0 aliphatic rings. The number of aryl methyl sites for hydroxylation is 2. The van der Waals surface area contributed by atoms with Crippen LogP contribution in [-0.2, 0) is 6.61 Å². The molecule has 0 amide bonds. The maximum Gasteiger partial charge on any atom is 0.142 e. The smallest absolute Gasteiger partial charge is 0.142 e. The molecule has 28 heavy (non-hydrogen) atoms. The van der Waals surface area contributed by atoms with Crippen molar-refractivity contribution in [3.8, 4) is 5.75 Å². The van der Waals surface area contributed by atoms with E-state index in [2.05, 4.69) is 62.0 Å². The van der Waals surface area contributed by atoms with Gasteiger partial charge < -0.3 is 4.74 Å². The van der Waals surface area contributed by atoms with E-state index in [-0.39, 0.29) is 0 Å². The van der Waals surface area contributed by atoms with Gasteiger partial charge in [0.1, 0.15) is 12.4 Å². The van der Waals surface area contributed by atoms with E-state index in [0.717, 1.165) is 31.3 Å². The summed E-state index contributed by atoms with van der Waals surface area (Å²) in [4.78, 5) is 4.67. The van der Waals surface area contributed by atoms with Gasteiger partial charge in [-0.15, -0.1) is 0 Å². The second-order valence-electron chi connectivity index (χ2n) is 6.38. The summed E-state index contributed by atoms with van der Waals surface area (Å²) in [6.07, 6.45) is 1.82. The zero-order valence-electron chi connectivity index (χ0n) is 15.3. The van der Waals surface area contributed by atoms with E-state index in [0.29, 0.717) is 22.4 Å². The zero-order valence-corrected chi connectivity index (χ0v) is 20.0. The molecule has 0 atom stereocenters. The Hall–Kier alpha value is -1.33. The SMILES string of the molecule is Cc1ccc(C)c(N=Cc2cc(Br)cc(Br)c2OCc2ccc(Cl)cc2Cl)c1. The van der Waals surface area contributed by atoms with Gasteiger partial charge in [0.2, 0.25) is 0 Å². The lowest BCUT2D eigenvalue weighted by Gasteiger charge is -2.13. The van der Waals surface area contributed by atoms with Gasteiger partial charge in [0, 0.05) is 31.9 Å². The average molecular weight is 542 g/mol. The van der Waals surface area contributed by atoms with Gasteiger partial charge in [-0.3, -0.25) is 4.99 Å². The first-order valence-electron chi connectivity index (χ1n) is 8.50. The minimum Gasteiger partial charge on any atom is -0.487 e. The Labute approximate surface area is 191 Å². The summed E-state index contributed by atoms with van der Waals surface area (Å²) in [5, 5.41) is 1.17. The van der Waals surface area contributed by atoms with E-state index >= 15 is 0 Å². The van der Waals surface area contributed by atoms with E-state index in [4.69, 9.17) is 27.9 Å². The van der Waals surface area contributed by atoms with Crippen molar-refractivity contribution in [1.82, 2.24) is 0 Å². The topological polar surface area (TPSA) is 21.6 Å². The molecule has 6 heteroatoms. The lowest BCUT2D eigenvalue weighted by atomic mass is 10.1. The van der Waals surface area contributed by atoms with Crippen molar-refractivity contribution in [1.29, 1.82) is 0 Å². The van der Waals surface area contributed by atoms with Crippen molar-refractivity contribution in [2.75, 3.05) is 0 Å². The lowest BCUT2D eigenvalue weighted by Crippen LogP contribution is -2.00. The standard InChI is InChI=1S/C22H17Br2Cl2NO/c1-13-3-4-14(2)21(7-13)27-11-16-8-17(23)9-19(24)22(16)28-12-15-5-6-18(25)10-20(15)26/h3-11H,12H2,1-2H3. The predicted molar refractivity (Wildman–Crippen MR) is 126 cm³/mol. The predicted octanol–water partition coefficient (Wildman–Crippen LogP) is 8.46. The highest BCUT2D eigenvalue weighted by Crippen LogP contribution is 2.34. The van der Waals surface area contributed by atoms with Crippen LogP contribution in [0.5, 0.6) is 5.75 Å². The highest BCUT2D eigenvalue weighted by Gasteiger charge is 2.11. The molecular formula is C22H17Br2Cl2NO. The number of benzene rings is 3. The van der Waals surface area contributed by atoms with E-state index < -0.39 is 0 Å². The zero-order chi connectivity index (χ0) is 20.3. The Morgan fingerprint density at radius 1 is 1.00 bits per heavy atom. The van der Waals surface area contributed by atoms with Crippen LogP contribution in [0.1, 0.15) is 22.3 Å². The summed E-state index contributed by atoms with van der Waals surface area (Å²) in [7, 11) is 0. The fraction of sp³-hybridized carbons (Fsp3) is 0.136. The van der Waals surface area contributed by atoms with Gasteiger partial charge in [-0.1, -0.05) is 57.3 Å². The van der Waals surface area contributed by atoms with Crippen LogP contribution < -0.4 is 4.74 Å². The van der Waals surface area contributed by atoms with Crippen LogP contribution in [0.4, 0.5) is 5.69 Å². The van der Waals surface area contributed by atoms with Crippen molar-refractivity contribution in [3.05, 3.63) is 89.8 Å². The molecule has 3 aromatic carbocycles. The molecule has 144 valence electrons. The monoisotopic (exact) mass is 539 g/mol. The molecule has 0 bridgehead atoms. The van der Waals surface area contributed by atoms with Crippen molar-refractivity contribution in [2.24, 2.45) is 4.99 Å². The van der Waals surface area contributed by atoms with Crippen molar-refractivity contribution < 1.29 is 4.74 Å². The van der Waals surface area contributed by atoms with E-state index in [9.17, 15) is 0 Å². The quantitative estimate of drug-likeness (QED) is 0.297. The summed E-state index contributed by atoms with van der Waals surface area (Å²) >= 11 is 19.3. The molecule has 0 aromatic heterocycles. The largest absolute Gasteiger partial charge is 0.487 e. The molecule has 3 rings (SSSR count). The van der Waals surface area contributed by atoms with Crippen molar-refractivity contribution >= 4 is 67.0 Å². The molecule has 0 N–H and O–H groups in total. The van der Waals surface area contributed by atoms with Gasteiger partial charge in [-0.05, 0) is 71.2 Å². The fourth-order valence-corrected chi connectivity index (χ4v) is 4.45. The first-order chi connectivity index (χ1) is 13.3. The fourth-order valence-electron chi connectivity index (χ4n) is 2.61. The number of aliphatic imine (C=N–C) groups is 1. The Morgan fingerprint density at radius 3 is 2.54 bits per heavy atom. The normalized spacial score (nSPS) is 11.2. The Morgan fingerprint density at radius 2 is 1.79 bits per heavy atom. The maximum atomic E-state index is 6.26. The first-order valence-corrected chi connectivity index (χ1v) is 10.8. The molecule has 0 aliphatic carbocycles. The van der Waals surface area contributed by atoms with E-state index in [1.165, 1.54) is 5.56 Å². The molecule has 0 radical (unpaired) electrons. The number of ether oxygens (including phenoxy) is 1. The number of hydrogen-bond acceptors (Lipinski definition) is 2. The second-order valence-corrected chi connectivity index (χ2v) is 8.99. The van der Waals surface area contributed by atoms with Crippen molar-refractivity contribution in [3.63, 3.8) is 0 Å². The molecule has 0 heterocycles. The van der Waals surface area contributed by atoms with Crippen LogP contribution >= 0.6 is 55.1 Å². The Bertz CT molecular complexity index is 1050. The maximum absolute atomic E-state index is 6.26. The van der Waals surface area contributed by atoms with Crippen LogP contribution in [0.25, 0.3) is 0 Å². The number of hydrogen-bond donors (Lipinski definition) is 0. The number of halogens is 4. The molecular weight excluding hydrogens is 525 g/mol.